The molecule has 22 heavy (non-hydrogen) atoms. The van der Waals surface area contributed by atoms with Gasteiger partial charge in [-0.25, -0.2) is 0 Å². The van der Waals surface area contributed by atoms with Crippen molar-refractivity contribution in [3.05, 3.63) is 52.7 Å². The summed E-state index contributed by atoms with van der Waals surface area (Å²) in [5.74, 6) is 0.915. The van der Waals surface area contributed by atoms with Gasteiger partial charge in [-0.2, -0.15) is 0 Å². The fourth-order valence-electron chi connectivity index (χ4n) is 2.91. The molecule has 1 fully saturated rings. The molecule has 2 heterocycles. The third-order valence-corrected chi connectivity index (χ3v) is 4.41. The van der Waals surface area contributed by atoms with Crippen LogP contribution in [0.2, 0.25) is 5.15 Å². The molecule has 1 aromatic carbocycles. The number of benzene rings is 1. The van der Waals surface area contributed by atoms with Crippen molar-refractivity contribution >= 4 is 17.4 Å². The molecule has 1 aromatic heterocycles. The van der Waals surface area contributed by atoms with E-state index in [1.807, 2.05) is 6.07 Å². The lowest BCUT2D eigenvalue weighted by Gasteiger charge is -2.35. The van der Waals surface area contributed by atoms with Crippen LogP contribution in [0, 0.1) is 0 Å². The largest absolute Gasteiger partial charge is 0.353 e. The molecule has 0 unspecified atom stereocenters. The van der Waals surface area contributed by atoms with E-state index in [9.17, 15) is 0 Å². The van der Waals surface area contributed by atoms with Crippen LogP contribution in [0.4, 0.5) is 5.82 Å². The Balaban J connectivity index is 1.59. The highest BCUT2D eigenvalue weighted by atomic mass is 35.5. The second kappa shape index (κ2) is 7.07. The molecule has 0 N–H and O–H groups in total. The van der Waals surface area contributed by atoms with Crippen molar-refractivity contribution in [2.75, 3.05) is 31.1 Å². The van der Waals surface area contributed by atoms with Crippen molar-refractivity contribution in [3.63, 3.8) is 0 Å². The number of halogens is 1. The maximum atomic E-state index is 5.79. The smallest absolute Gasteiger partial charge is 0.151 e. The van der Waals surface area contributed by atoms with Gasteiger partial charge in [-0.15, -0.1) is 10.2 Å². The van der Waals surface area contributed by atoms with Gasteiger partial charge in [-0.1, -0.05) is 42.8 Å². The summed E-state index contributed by atoms with van der Waals surface area (Å²) in [6, 6.07) is 12.5. The minimum atomic E-state index is 0.443. The molecule has 1 aliphatic rings. The Kier molecular flexibility index (Phi) is 4.90. The van der Waals surface area contributed by atoms with Gasteiger partial charge in [-0.05, 0) is 29.7 Å². The Morgan fingerprint density at radius 3 is 2.32 bits per heavy atom. The van der Waals surface area contributed by atoms with Gasteiger partial charge in [-0.3, -0.25) is 4.90 Å². The van der Waals surface area contributed by atoms with Crippen LogP contribution in [-0.2, 0) is 13.0 Å². The quantitative estimate of drug-likeness (QED) is 0.868. The number of nitrogens with zero attached hydrogens (tertiary/aromatic N) is 4. The molecule has 0 saturated carbocycles. The van der Waals surface area contributed by atoms with Crippen LogP contribution in [0.3, 0.4) is 0 Å². The fraction of sp³-hybridized carbons (Fsp3) is 0.412. The van der Waals surface area contributed by atoms with Crippen molar-refractivity contribution in [1.82, 2.24) is 15.1 Å². The summed E-state index contributed by atoms with van der Waals surface area (Å²) in [5, 5.41) is 8.53. The lowest BCUT2D eigenvalue weighted by Crippen LogP contribution is -2.46. The van der Waals surface area contributed by atoms with Crippen LogP contribution in [-0.4, -0.2) is 41.3 Å². The van der Waals surface area contributed by atoms with E-state index in [2.05, 4.69) is 51.2 Å². The summed E-state index contributed by atoms with van der Waals surface area (Å²) >= 11 is 5.79. The Morgan fingerprint density at radius 1 is 0.955 bits per heavy atom. The van der Waals surface area contributed by atoms with E-state index < -0.39 is 0 Å². The molecule has 2 aromatic rings. The molecule has 3 rings (SSSR count). The van der Waals surface area contributed by atoms with Gasteiger partial charge in [0, 0.05) is 32.7 Å². The molecule has 1 aliphatic heterocycles. The first kappa shape index (κ1) is 15.3. The van der Waals surface area contributed by atoms with E-state index in [-0.39, 0.29) is 0 Å². The van der Waals surface area contributed by atoms with Gasteiger partial charge in [0.1, 0.15) is 0 Å². The molecule has 0 aliphatic carbocycles. The Labute approximate surface area is 136 Å². The highest BCUT2D eigenvalue weighted by molar-refractivity contribution is 6.29. The molecule has 0 spiro atoms. The summed E-state index contributed by atoms with van der Waals surface area (Å²) in [6.45, 7) is 7.29. The minimum Gasteiger partial charge on any atom is -0.353 e. The topological polar surface area (TPSA) is 32.3 Å². The van der Waals surface area contributed by atoms with Crippen molar-refractivity contribution in [3.8, 4) is 0 Å². The number of aromatic nitrogens is 2. The molecule has 116 valence electrons. The van der Waals surface area contributed by atoms with Gasteiger partial charge >= 0.3 is 0 Å². The lowest BCUT2D eigenvalue weighted by atomic mass is 10.0. The zero-order chi connectivity index (χ0) is 15.4. The standard InChI is InChI=1S/C17H21ClN4/c1-2-14-5-3-4-6-15(14)13-21-9-11-22(12-10-21)17-8-7-16(18)19-20-17/h3-8H,2,9-13H2,1H3. The molecule has 0 bridgehead atoms. The second-order valence-electron chi connectivity index (χ2n) is 5.60. The maximum absolute atomic E-state index is 5.79. The molecule has 0 amide bonds. The molecule has 1 saturated heterocycles. The van der Waals surface area contributed by atoms with Crippen LogP contribution in [0.25, 0.3) is 0 Å². The van der Waals surface area contributed by atoms with E-state index >= 15 is 0 Å². The van der Waals surface area contributed by atoms with Gasteiger partial charge in [0.15, 0.2) is 11.0 Å². The summed E-state index contributed by atoms with van der Waals surface area (Å²) in [7, 11) is 0. The highest BCUT2D eigenvalue weighted by Crippen LogP contribution is 2.17. The third-order valence-electron chi connectivity index (χ3n) is 4.21. The number of hydrogen-bond donors (Lipinski definition) is 0. The third kappa shape index (κ3) is 3.57. The summed E-state index contributed by atoms with van der Waals surface area (Å²) in [5.41, 5.74) is 2.90. The monoisotopic (exact) mass is 316 g/mol. The van der Waals surface area contributed by atoms with E-state index in [0.29, 0.717) is 5.15 Å². The van der Waals surface area contributed by atoms with Gasteiger partial charge in [0.05, 0.1) is 0 Å². The zero-order valence-electron chi connectivity index (χ0n) is 12.9. The van der Waals surface area contributed by atoms with E-state index in [1.165, 1.54) is 11.1 Å². The van der Waals surface area contributed by atoms with Gasteiger partial charge < -0.3 is 4.90 Å². The molecule has 0 radical (unpaired) electrons. The van der Waals surface area contributed by atoms with E-state index in [1.54, 1.807) is 6.07 Å². The molecule has 0 atom stereocenters. The Hall–Kier alpha value is -1.65. The molecule has 5 heteroatoms. The van der Waals surface area contributed by atoms with E-state index in [0.717, 1.165) is 45.0 Å². The average molecular weight is 317 g/mol. The van der Waals surface area contributed by atoms with Crippen LogP contribution >= 0.6 is 11.6 Å². The first-order chi connectivity index (χ1) is 10.8. The maximum Gasteiger partial charge on any atom is 0.151 e. The highest BCUT2D eigenvalue weighted by Gasteiger charge is 2.18. The minimum absolute atomic E-state index is 0.443. The van der Waals surface area contributed by atoms with Crippen molar-refractivity contribution in [2.45, 2.75) is 19.9 Å². The normalized spacial score (nSPS) is 16.0. The summed E-state index contributed by atoms with van der Waals surface area (Å²) in [4.78, 5) is 4.78. The van der Waals surface area contributed by atoms with Crippen molar-refractivity contribution < 1.29 is 0 Å². The molecular formula is C17H21ClN4. The number of hydrogen-bond acceptors (Lipinski definition) is 4. The van der Waals surface area contributed by atoms with Crippen molar-refractivity contribution in [2.24, 2.45) is 0 Å². The van der Waals surface area contributed by atoms with Crippen LogP contribution < -0.4 is 4.90 Å². The van der Waals surface area contributed by atoms with E-state index in [4.69, 9.17) is 11.6 Å². The number of piperazine rings is 1. The lowest BCUT2D eigenvalue weighted by molar-refractivity contribution is 0.248. The summed E-state index contributed by atoms with van der Waals surface area (Å²) in [6.07, 6.45) is 1.09. The van der Waals surface area contributed by atoms with Crippen LogP contribution in [0.1, 0.15) is 18.1 Å². The zero-order valence-corrected chi connectivity index (χ0v) is 13.6. The first-order valence-corrected chi connectivity index (χ1v) is 8.17. The Bertz CT molecular complexity index is 606. The van der Waals surface area contributed by atoms with Crippen LogP contribution in [0.15, 0.2) is 36.4 Å². The molecule has 4 nitrogen and oxygen atoms in total. The first-order valence-electron chi connectivity index (χ1n) is 7.79. The average Bonchev–Trinajstić information content (AvgIpc) is 2.57. The number of aryl methyl sites for hydroxylation is 1. The Morgan fingerprint density at radius 2 is 1.68 bits per heavy atom. The fourth-order valence-corrected chi connectivity index (χ4v) is 3.01. The predicted octanol–water partition coefficient (Wildman–Crippen LogP) is 3.01. The summed E-state index contributed by atoms with van der Waals surface area (Å²) < 4.78 is 0. The molecular weight excluding hydrogens is 296 g/mol. The SMILES string of the molecule is CCc1ccccc1CN1CCN(c2ccc(Cl)nn2)CC1. The second-order valence-corrected chi connectivity index (χ2v) is 5.99. The number of anilines is 1. The van der Waals surface area contributed by atoms with Gasteiger partial charge in [0.25, 0.3) is 0 Å². The van der Waals surface area contributed by atoms with Gasteiger partial charge in [0.2, 0.25) is 0 Å². The van der Waals surface area contributed by atoms with Crippen molar-refractivity contribution in [1.29, 1.82) is 0 Å². The number of rotatable bonds is 4. The predicted molar refractivity (Wildman–Crippen MR) is 90.4 cm³/mol. The van der Waals surface area contributed by atoms with Crippen LogP contribution in [0.5, 0.6) is 0 Å².